The lowest BCUT2D eigenvalue weighted by atomic mass is 10.3. The van der Waals surface area contributed by atoms with Gasteiger partial charge in [-0.05, 0) is 54.0 Å². The second-order valence-corrected chi connectivity index (χ2v) is 7.85. The van der Waals surface area contributed by atoms with Gasteiger partial charge in [-0.25, -0.2) is 9.78 Å². The number of guanidine groups is 1. The van der Waals surface area contributed by atoms with E-state index in [2.05, 4.69) is 38.7 Å². The minimum absolute atomic E-state index is 0. The summed E-state index contributed by atoms with van der Waals surface area (Å²) in [5, 5.41) is 11.9. The first-order chi connectivity index (χ1) is 13.8. The summed E-state index contributed by atoms with van der Waals surface area (Å²) in [4.78, 5) is 21.8. The highest BCUT2D eigenvalue weighted by atomic mass is 127. The van der Waals surface area contributed by atoms with Gasteiger partial charge in [0.15, 0.2) is 5.96 Å². The van der Waals surface area contributed by atoms with Crippen LogP contribution in [0.1, 0.15) is 65.0 Å². The highest BCUT2D eigenvalue weighted by molar-refractivity contribution is 14.0. The number of aliphatic imine (C=N–C) groups is 1. The van der Waals surface area contributed by atoms with Gasteiger partial charge in [-0.3, -0.25) is 9.67 Å². The van der Waals surface area contributed by atoms with Gasteiger partial charge >= 0.3 is 5.97 Å². The molecule has 0 fully saturated rings. The zero-order valence-corrected chi connectivity index (χ0v) is 21.8. The average molecular weight is 548 g/mol. The zero-order chi connectivity index (χ0) is 21.4. The van der Waals surface area contributed by atoms with Gasteiger partial charge in [-0.2, -0.15) is 5.10 Å². The van der Waals surface area contributed by atoms with Crippen molar-refractivity contribution >= 4 is 47.2 Å². The molecule has 1 atom stereocenters. The lowest BCUT2D eigenvalue weighted by Crippen LogP contribution is -2.38. The third-order valence-electron chi connectivity index (χ3n) is 4.24. The van der Waals surface area contributed by atoms with E-state index in [1.807, 2.05) is 32.4 Å². The summed E-state index contributed by atoms with van der Waals surface area (Å²) in [6.45, 7) is 14.4. The number of aromatic nitrogens is 3. The molecule has 0 saturated carbocycles. The molecule has 1 unspecified atom stereocenters. The van der Waals surface area contributed by atoms with Crippen molar-refractivity contribution in [3.8, 4) is 0 Å². The molecule has 0 aromatic carbocycles. The Hall–Kier alpha value is -1.69. The topological polar surface area (TPSA) is 93.4 Å². The lowest BCUT2D eigenvalue weighted by molar-refractivity contribution is 0.0531. The van der Waals surface area contributed by atoms with Gasteiger partial charge in [0.2, 0.25) is 0 Å². The van der Waals surface area contributed by atoms with Gasteiger partial charge in [0.05, 0.1) is 24.0 Å². The monoisotopic (exact) mass is 548 g/mol. The number of halogens is 1. The van der Waals surface area contributed by atoms with E-state index in [0.29, 0.717) is 23.7 Å². The first kappa shape index (κ1) is 26.3. The minimum atomic E-state index is -0.314. The van der Waals surface area contributed by atoms with Crippen molar-refractivity contribution in [2.24, 2.45) is 4.99 Å². The van der Waals surface area contributed by atoms with E-state index in [4.69, 9.17) is 4.74 Å². The molecule has 8 nitrogen and oxygen atoms in total. The number of nitrogens with zero attached hydrogens (tertiary/aromatic N) is 4. The highest BCUT2D eigenvalue weighted by Crippen LogP contribution is 2.24. The van der Waals surface area contributed by atoms with Crippen LogP contribution in [0.2, 0.25) is 0 Å². The van der Waals surface area contributed by atoms with E-state index in [1.54, 1.807) is 6.92 Å². The normalized spacial score (nSPS) is 12.3. The van der Waals surface area contributed by atoms with Crippen LogP contribution >= 0.6 is 35.3 Å². The Morgan fingerprint density at radius 1 is 1.33 bits per heavy atom. The standard InChI is InChI=1S/C20H32N6O2S.HI/c1-7-21-20(22-10-9-11-26-14(4)12-13(3)25-26)24-16(6)18-23-15(5)17(29-18)19(27)28-8-2;/h12,16H,7-11H2,1-6H3,(H2,21,22,24);1H. The number of carbonyl (C=O) groups excluding carboxylic acids is 1. The maximum absolute atomic E-state index is 12.0. The van der Waals surface area contributed by atoms with Crippen molar-refractivity contribution in [2.75, 3.05) is 19.7 Å². The predicted octanol–water partition coefficient (Wildman–Crippen LogP) is 3.77. The Morgan fingerprint density at radius 2 is 2.07 bits per heavy atom. The Kier molecular flexibility index (Phi) is 11.3. The van der Waals surface area contributed by atoms with E-state index in [0.717, 1.165) is 36.2 Å². The molecule has 10 heteroatoms. The van der Waals surface area contributed by atoms with Gasteiger partial charge in [0, 0.05) is 25.3 Å². The van der Waals surface area contributed by atoms with Crippen LogP contribution < -0.4 is 10.6 Å². The van der Waals surface area contributed by atoms with Crippen molar-refractivity contribution in [2.45, 2.75) is 60.5 Å². The molecule has 30 heavy (non-hydrogen) atoms. The molecule has 2 aromatic rings. The Bertz CT molecular complexity index is 848. The molecule has 0 aliphatic rings. The third-order valence-corrected chi connectivity index (χ3v) is 5.56. The molecule has 0 bridgehead atoms. The van der Waals surface area contributed by atoms with Crippen LogP contribution in [0.5, 0.6) is 0 Å². The summed E-state index contributed by atoms with van der Waals surface area (Å²) < 4.78 is 7.12. The predicted molar refractivity (Wildman–Crippen MR) is 132 cm³/mol. The van der Waals surface area contributed by atoms with Crippen molar-refractivity contribution in [1.82, 2.24) is 25.4 Å². The number of hydrogen-bond acceptors (Lipinski definition) is 6. The molecule has 2 rings (SSSR count). The van der Waals surface area contributed by atoms with Crippen molar-refractivity contribution in [3.63, 3.8) is 0 Å². The van der Waals surface area contributed by atoms with E-state index in [9.17, 15) is 4.79 Å². The molecule has 0 amide bonds. The van der Waals surface area contributed by atoms with Crippen LogP contribution in [-0.4, -0.2) is 46.4 Å². The second-order valence-electron chi connectivity index (χ2n) is 6.82. The fourth-order valence-corrected chi connectivity index (χ4v) is 3.85. The van der Waals surface area contributed by atoms with Crippen molar-refractivity contribution < 1.29 is 9.53 Å². The molecule has 2 N–H and O–H groups in total. The number of ether oxygens (including phenoxy) is 1. The Balaban J connectivity index is 0.00000450. The van der Waals surface area contributed by atoms with E-state index in [-0.39, 0.29) is 36.0 Å². The van der Waals surface area contributed by atoms with E-state index in [1.165, 1.54) is 17.0 Å². The minimum Gasteiger partial charge on any atom is -0.462 e. The molecule has 168 valence electrons. The van der Waals surface area contributed by atoms with Crippen LogP contribution in [0.4, 0.5) is 0 Å². The van der Waals surface area contributed by atoms with Crippen molar-refractivity contribution in [3.05, 3.63) is 33.0 Å². The van der Waals surface area contributed by atoms with Gasteiger partial charge in [0.25, 0.3) is 0 Å². The summed E-state index contributed by atoms with van der Waals surface area (Å²) in [6.07, 6.45) is 0.899. The van der Waals surface area contributed by atoms with Gasteiger partial charge in [-0.15, -0.1) is 35.3 Å². The Labute approximate surface area is 199 Å². The van der Waals surface area contributed by atoms with Crippen LogP contribution in [0.15, 0.2) is 11.1 Å². The molecule has 2 aromatic heterocycles. The highest BCUT2D eigenvalue weighted by Gasteiger charge is 2.20. The summed E-state index contributed by atoms with van der Waals surface area (Å²) in [5.41, 5.74) is 2.90. The molecule has 0 aliphatic carbocycles. The van der Waals surface area contributed by atoms with Crippen molar-refractivity contribution in [1.29, 1.82) is 0 Å². The second kappa shape index (κ2) is 12.9. The summed E-state index contributed by atoms with van der Waals surface area (Å²) in [5.74, 6) is 0.421. The molecular weight excluding hydrogens is 515 g/mol. The number of esters is 1. The number of thiazole rings is 1. The number of nitrogens with one attached hydrogen (secondary N) is 2. The molecule has 0 saturated heterocycles. The first-order valence-electron chi connectivity index (χ1n) is 10.1. The maximum atomic E-state index is 12.0. The quantitative estimate of drug-likeness (QED) is 0.163. The third kappa shape index (κ3) is 7.53. The van der Waals surface area contributed by atoms with Crippen LogP contribution in [0.3, 0.4) is 0 Å². The molecule has 0 spiro atoms. The SMILES string of the molecule is CCNC(=NCCCn1nc(C)cc1C)NC(C)c1nc(C)c(C(=O)OCC)s1.I. The summed E-state index contributed by atoms with van der Waals surface area (Å²) in [7, 11) is 0. The molecular formula is C20H33IN6O2S. The average Bonchev–Trinajstić information content (AvgIpc) is 3.20. The van der Waals surface area contributed by atoms with Gasteiger partial charge in [0.1, 0.15) is 9.88 Å². The molecule has 2 heterocycles. The lowest BCUT2D eigenvalue weighted by Gasteiger charge is -2.16. The number of hydrogen-bond donors (Lipinski definition) is 2. The van der Waals surface area contributed by atoms with Gasteiger partial charge < -0.3 is 15.4 Å². The fourth-order valence-electron chi connectivity index (χ4n) is 2.89. The molecule has 0 aliphatic heterocycles. The van der Waals surface area contributed by atoms with Crippen LogP contribution in [0, 0.1) is 20.8 Å². The summed E-state index contributed by atoms with van der Waals surface area (Å²) >= 11 is 1.36. The number of rotatable bonds is 9. The number of carbonyl (C=O) groups is 1. The maximum Gasteiger partial charge on any atom is 0.350 e. The smallest absolute Gasteiger partial charge is 0.350 e. The van der Waals surface area contributed by atoms with Crippen LogP contribution in [-0.2, 0) is 11.3 Å². The molecule has 0 radical (unpaired) electrons. The first-order valence-corrected chi connectivity index (χ1v) is 10.9. The Morgan fingerprint density at radius 3 is 2.67 bits per heavy atom. The number of aryl methyl sites for hydroxylation is 4. The van der Waals surface area contributed by atoms with Crippen LogP contribution in [0.25, 0.3) is 0 Å². The zero-order valence-electron chi connectivity index (χ0n) is 18.6. The van der Waals surface area contributed by atoms with E-state index < -0.39 is 0 Å². The summed E-state index contributed by atoms with van der Waals surface area (Å²) in [6, 6.07) is 2.01. The van der Waals surface area contributed by atoms with E-state index >= 15 is 0 Å². The van der Waals surface area contributed by atoms with Gasteiger partial charge in [-0.1, -0.05) is 0 Å². The fraction of sp³-hybridized carbons (Fsp3) is 0.600. The largest absolute Gasteiger partial charge is 0.462 e.